The van der Waals surface area contributed by atoms with E-state index in [1.54, 1.807) is 0 Å². The highest BCUT2D eigenvalue weighted by atomic mass is 32.1. The van der Waals surface area contributed by atoms with Crippen LogP contribution in [-0.2, 0) is 14.3 Å². The van der Waals surface area contributed by atoms with Crippen molar-refractivity contribution in [1.29, 1.82) is 0 Å². The van der Waals surface area contributed by atoms with Crippen LogP contribution in [0, 0.1) is 0 Å². The van der Waals surface area contributed by atoms with Gasteiger partial charge in [-0.1, -0.05) is 0 Å². The highest BCUT2D eigenvalue weighted by Crippen LogP contribution is 2.20. The summed E-state index contributed by atoms with van der Waals surface area (Å²) in [5, 5.41) is -0.762. The molecule has 0 amide bonds. The van der Waals surface area contributed by atoms with Crippen LogP contribution in [-0.4, -0.2) is 22.4 Å². The second kappa shape index (κ2) is 3.49. The molecule has 0 spiro atoms. The molecule has 0 aromatic carbocycles. The van der Waals surface area contributed by atoms with Gasteiger partial charge in [-0.25, -0.2) is 0 Å². The maximum Gasteiger partial charge on any atom is 0.327 e. The number of thiol groups is 2. The molecule has 0 aromatic rings. The number of esters is 2. The Labute approximate surface area is 75.3 Å². The van der Waals surface area contributed by atoms with Crippen molar-refractivity contribution in [2.75, 3.05) is 0 Å². The number of rotatable bonds is 0. The van der Waals surface area contributed by atoms with Gasteiger partial charge in [0.2, 0.25) is 0 Å². The monoisotopic (exact) mass is 192 g/mol. The average Bonchev–Trinajstić information content (AvgIpc) is 2.05. The Morgan fingerprint density at radius 3 is 2.64 bits per heavy atom. The molecule has 1 heterocycles. The van der Waals surface area contributed by atoms with E-state index in [9.17, 15) is 9.59 Å². The van der Waals surface area contributed by atoms with Crippen LogP contribution in [0.15, 0.2) is 0 Å². The summed E-state index contributed by atoms with van der Waals surface area (Å²) in [7, 11) is 0. The summed E-state index contributed by atoms with van der Waals surface area (Å²) < 4.78 is 4.39. The Hall–Kier alpha value is -0.160. The maximum atomic E-state index is 10.9. The van der Waals surface area contributed by atoms with Crippen molar-refractivity contribution in [3.8, 4) is 0 Å². The van der Waals surface area contributed by atoms with Crippen molar-refractivity contribution in [2.24, 2.45) is 0 Å². The van der Waals surface area contributed by atoms with Gasteiger partial charge in [0.25, 0.3) is 0 Å². The molecule has 2 atom stereocenters. The van der Waals surface area contributed by atoms with Crippen LogP contribution in [0.5, 0.6) is 0 Å². The van der Waals surface area contributed by atoms with E-state index in [4.69, 9.17) is 0 Å². The van der Waals surface area contributed by atoms with E-state index in [0.29, 0.717) is 6.42 Å². The lowest BCUT2D eigenvalue weighted by atomic mass is 10.2. The first-order valence-corrected chi connectivity index (χ1v) is 4.25. The number of ether oxygens (including phenoxy) is 1. The predicted molar refractivity (Wildman–Crippen MR) is 45.9 cm³/mol. The minimum absolute atomic E-state index is 0.183. The Bertz CT molecular complexity index is 192. The van der Waals surface area contributed by atoms with E-state index >= 15 is 0 Å². The molecule has 2 unspecified atom stereocenters. The van der Waals surface area contributed by atoms with Crippen molar-refractivity contribution >= 4 is 37.2 Å². The van der Waals surface area contributed by atoms with Crippen LogP contribution in [0.1, 0.15) is 12.8 Å². The third-order valence-electron chi connectivity index (χ3n) is 1.46. The summed E-state index contributed by atoms with van der Waals surface area (Å²) in [4.78, 5) is 21.5. The van der Waals surface area contributed by atoms with Gasteiger partial charge in [0.05, 0.1) is 0 Å². The molecule has 1 rings (SSSR count). The fourth-order valence-electron chi connectivity index (χ4n) is 0.804. The zero-order valence-corrected chi connectivity index (χ0v) is 7.48. The van der Waals surface area contributed by atoms with Crippen molar-refractivity contribution < 1.29 is 14.3 Å². The lowest BCUT2D eigenvalue weighted by Gasteiger charge is -2.09. The first-order chi connectivity index (χ1) is 5.11. The summed E-state index contributed by atoms with van der Waals surface area (Å²) in [6.07, 6.45) is 0.790. The van der Waals surface area contributed by atoms with Gasteiger partial charge in [0, 0.05) is 11.7 Å². The molecule has 0 aliphatic carbocycles. The van der Waals surface area contributed by atoms with Gasteiger partial charge in [0.15, 0.2) is 0 Å². The lowest BCUT2D eigenvalue weighted by molar-refractivity contribution is -0.157. The van der Waals surface area contributed by atoms with Gasteiger partial charge >= 0.3 is 11.9 Å². The Morgan fingerprint density at radius 1 is 1.36 bits per heavy atom. The average molecular weight is 192 g/mol. The van der Waals surface area contributed by atoms with E-state index in [1.807, 2.05) is 0 Å². The quantitative estimate of drug-likeness (QED) is 0.333. The lowest BCUT2D eigenvalue weighted by Crippen LogP contribution is -2.24. The molecule has 0 radical (unpaired) electrons. The molecule has 0 saturated carbocycles. The molecular weight excluding hydrogens is 184 g/mol. The van der Waals surface area contributed by atoms with Gasteiger partial charge in [-0.3, -0.25) is 9.59 Å². The molecular formula is C6H8O3S2. The largest absolute Gasteiger partial charge is 0.392 e. The standard InChI is InChI=1S/C6H8O3S2/c7-4-2-1-3(10)5(11)6(8)9-4/h3,5,10-11H,1-2H2. The topological polar surface area (TPSA) is 43.4 Å². The smallest absolute Gasteiger partial charge is 0.327 e. The zero-order chi connectivity index (χ0) is 8.43. The van der Waals surface area contributed by atoms with Crippen LogP contribution in [0.25, 0.3) is 0 Å². The van der Waals surface area contributed by atoms with Crippen molar-refractivity contribution in [1.82, 2.24) is 0 Å². The molecule has 1 fully saturated rings. The van der Waals surface area contributed by atoms with E-state index in [-0.39, 0.29) is 11.7 Å². The SMILES string of the molecule is O=C1CCC(S)C(S)C(=O)O1. The molecule has 1 aliphatic rings. The van der Waals surface area contributed by atoms with E-state index in [1.165, 1.54) is 0 Å². The van der Waals surface area contributed by atoms with E-state index < -0.39 is 17.2 Å². The number of carbonyl (C=O) groups is 2. The molecule has 0 bridgehead atoms. The van der Waals surface area contributed by atoms with Gasteiger partial charge < -0.3 is 4.74 Å². The molecule has 62 valence electrons. The summed E-state index contributed by atoms with van der Waals surface area (Å²) >= 11 is 8.05. The van der Waals surface area contributed by atoms with Crippen LogP contribution in [0.3, 0.4) is 0 Å². The van der Waals surface area contributed by atoms with E-state index in [2.05, 4.69) is 30.0 Å². The minimum atomic E-state index is -0.587. The van der Waals surface area contributed by atoms with Crippen LogP contribution < -0.4 is 0 Å². The van der Waals surface area contributed by atoms with Gasteiger partial charge in [-0.05, 0) is 6.42 Å². The normalized spacial score (nSPS) is 32.9. The Balaban J connectivity index is 2.68. The zero-order valence-electron chi connectivity index (χ0n) is 5.69. The van der Waals surface area contributed by atoms with Gasteiger partial charge in [-0.2, -0.15) is 25.3 Å². The van der Waals surface area contributed by atoms with Crippen LogP contribution >= 0.6 is 25.3 Å². The number of carbonyl (C=O) groups excluding carboxylic acids is 2. The van der Waals surface area contributed by atoms with Crippen molar-refractivity contribution in [3.63, 3.8) is 0 Å². The summed E-state index contributed by atoms with van der Waals surface area (Å²) in [6.45, 7) is 0. The first-order valence-electron chi connectivity index (χ1n) is 3.22. The third kappa shape index (κ3) is 2.13. The summed E-state index contributed by atoms with van der Waals surface area (Å²) in [5.41, 5.74) is 0. The number of hydrogen-bond donors (Lipinski definition) is 2. The molecule has 1 aliphatic heterocycles. The maximum absolute atomic E-state index is 10.9. The summed E-state index contributed by atoms with van der Waals surface area (Å²) in [6, 6.07) is 0. The fraction of sp³-hybridized carbons (Fsp3) is 0.667. The van der Waals surface area contributed by atoms with Gasteiger partial charge in [0.1, 0.15) is 5.25 Å². The number of cyclic esters (lactones) is 2. The summed E-state index contributed by atoms with van der Waals surface area (Å²) in [5.74, 6) is -1.07. The fourth-order valence-corrected chi connectivity index (χ4v) is 1.26. The molecule has 3 nitrogen and oxygen atoms in total. The third-order valence-corrected chi connectivity index (χ3v) is 2.83. The highest BCUT2D eigenvalue weighted by molar-refractivity contribution is 7.85. The molecule has 5 heteroatoms. The van der Waals surface area contributed by atoms with Crippen molar-refractivity contribution in [2.45, 2.75) is 23.3 Å². The van der Waals surface area contributed by atoms with Crippen molar-refractivity contribution in [3.05, 3.63) is 0 Å². The highest BCUT2D eigenvalue weighted by Gasteiger charge is 2.29. The number of hydrogen-bond acceptors (Lipinski definition) is 5. The van der Waals surface area contributed by atoms with E-state index in [0.717, 1.165) is 0 Å². The molecule has 0 N–H and O–H groups in total. The second-order valence-corrected chi connectivity index (χ2v) is 3.56. The van der Waals surface area contributed by atoms with Crippen LogP contribution in [0.2, 0.25) is 0 Å². The van der Waals surface area contributed by atoms with Gasteiger partial charge in [-0.15, -0.1) is 0 Å². The molecule has 1 saturated heterocycles. The predicted octanol–water partition coefficient (Wildman–Crippen LogP) is 0.447. The minimum Gasteiger partial charge on any atom is -0.392 e. The Morgan fingerprint density at radius 2 is 2.00 bits per heavy atom. The second-order valence-electron chi connectivity index (χ2n) is 2.34. The molecule has 11 heavy (non-hydrogen) atoms. The Kier molecular flexibility index (Phi) is 2.84. The van der Waals surface area contributed by atoms with Crippen LogP contribution in [0.4, 0.5) is 0 Å². The molecule has 0 aromatic heterocycles. The first kappa shape index (κ1) is 8.93.